The first-order chi connectivity index (χ1) is 8.36. The van der Waals surface area contributed by atoms with E-state index in [1.54, 1.807) is 0 Å². The maximum atomic E-state index is 4.65. The van der Waals surface area contributed by atoms with Crippen molar-refractivity contribution in [2.45, 2.75) is 26.2 Å². The van der Waals surface area contributed by atoms with Crippen LogP contribution in [0.3, 0.4) is 0 Å². The van der Waals surface area contributed by atoms with E-state index in [2.05, 4.69) is 68.7 Å². The van der Waals surface area contributed by atoms with E-state index in [0.717, 1.165) is 26.2 Å². The van der Waals surface area contributed by atoms with Gasteiger partial charge in [0.2, 0.25) is 0 Å². The summed E-state index contributed by atoms with van der Waals surface area (Å²) in [4.78, 5) is 9.10. The zero-order chi connectivity index (χ0) is 13.3. The Bertz CT molecular complexity index is 574. The molecule has 0 bridgehead atoms. The van der Waals surface area contributed by atoms with Crippen molar-refractivity contribution in [1.82, 2.24) is 9.97 Å². The van der Waals surface area contributed by atoms with E-state index >= 15 is 0 Å². The van der Waals surface area contributed by atoms with Crippen LogP contribution in [-0.4, -0.2) is 9.97 Å². The van der Waals surface area contributed by atoms with Crippen molar-refractivity contribution in [2.75, 3.05) is 0 Å². The highest BCUT2D eigenvalue weighted by Crippen LogP contribution is 2.27. The molecule has 0 saturated heterocycles. The number of hydrogen-bond acceptors (Lipinski definition) is 2. The normalized spacial score (nSPS) is 11.6. The Balaban J connectivity index is 2.55. The molecule has 0 aliphatic heterocycles. The van der Waals surface area contributed by atoms with Gasteiger partial charge in [0.05, 0.1) is 5.69 Å². The number of nitrogens with zero attached hydrogens (tertiary/aromatic N) is 2. The summed E-state index contributed by atoms with van der Waals surface area (Å²) in [6.45, 7) is 6.33. The van der Waals surface area contributed by atoms with E-state index in [4.69, 9.17) is 0 Å². The van der Waals surface area contributed by atoms with Crippen LogP contribution in [0.1, 0.15) is 26.6 Å². The second kappa shape index (κ2) is 5.10. The van der Waals surface area contributed by atoms with Gasteiger partial charge in [-0.15, -0.1) is 0 Å². The summed E-state index contributed by atoms with van der Waals surface area (Å²) in [7, 11) is 0. The SMILES string of the molecule is CC(C)(C)c1nc(Br)cc(-c2cccc(Br)c2)n1. The largest absolute Gasteiger partial charge is 0.232 e. The molecule has 2 nitrogen and oxygen atoms in total. The van der Waals surface area contributed by atoms with Gasteiger partial charge >= 0.3 is 0 Å². The van der Waals surface area contributed by atoms with Crippen LogP contribution in [0.4, 0.5) is 0 Å². The molecule has 0 aliphatic carbocycles. The molecular weight excluding hydrogens is 356 g/mol. The fraction of sp³-hybridized carbons (Fsp3) is 0.286. The lowest BCUT2D eigenvalue weighted by molar-refractivity contribution is 0.544. The van der Waals surface area contributed by atoms with Gasteiger partial charge < -0.3 is 0 Å². The molecule has 94 valence electrons. The minimum absolute atomic E-state index is 0.0649. The van der Waals surface area contributed by atoms with Crippen molar-refractivity contribution < 1.29 is 0 Å². The molecule has 18 heavy (non-hydrogen) atoms. The Morgan fingerprint density at radius 2 is 1.72 bits per heavy atom. The topological polar surface area (TPSA) is 25.8 Å². The van der Waals surface area contributed by atoms with Crippen molar-refractivity contribution in [2.24, 2.45) is 0 Å². The van der Waals surface area contributed by atoms with Crippen molar-refractivity contribution in [3.63, 3.8) is 0 Å². The molecule has 2 rings (SSSR count). The average molecular weight is 370 g/mol. The predicted molar refractivity (Wildman–Crippen MR) is 81.6 cm³/mol. The summed E-state index contributed by atoms with van der Waals surface area (Å²) in [6, 6.07) is 10.1. The first-order valence-corrected chi connectivity index (χ1v) is 7.26. The second-order valence-corrected chi connectivity index (χ2v) is 6.89. The number of halogens is 2. The quantitative estimate of drug-likeness (QED) is 0.663. The van der Waals surface area contributed by atoms with Crippen LogP contribution in [-0.2, 0) is 5.41 Å². The molecule has 1 aromatic heterocycles. The van der Waals surface area contributed by atoms with Gasteiger partial charge in [0, 0.05) is 15.5 Å². The zero-order valence-electron chi connectivity index (χ0n) is 10.5. The maximum Gasteiger partial charge on any atom is 0.135 e. The first-order valence-electron chi connectivity index (χ1n) is 5.67. The van der Waals surface area contributed by atoms with Crippen LogP contribution in [0.25, 0.3) is 11.3 Å². The predicted octanol–water partition coefficient (Wildman–Crippen LogP) is 4.97. The monoisotopic (exact) mass is 368 g/mol. The number of benzene rings is 1. The molecule has 1 aromatic carbocycles. The van der Waals surface area contributed by atoms with Gasteiger partial charge in [0.15, 0.2) is 0 Å². The van der Waals surface area contributed by atoms with E-state index in [1.807, 2.05) is 24.3 Å². The Kier molecular flexibility index (Phi) is 3.87. The van der Waals surface area contributed by atoms with Gasteiger partial charge in [0.25, 0.3) is 0 Å². The number of rotatable bonds is 1. The van der Waals surface area contributed by atoms with E-state index in [-0.39, 0.29) is 5.41 Å². The summed E-state index contributed by atoms with van der Waals surface area (Å²) < 4.78 is 1.87. The van der Waals surface area contributed by atoms with Crippen molar-refractivity contribution in [3.8, 4) is 11.3 Å². The molecule has 0 spiro atoms. The molecule has 0 atom stereocenters. The molecule has 2 aromatic rings. The minimum atomic E-state index is -0.0649. The molecule has 1 heterocycles. The molecule has 0 fully saturated rings. The van der Waals surface area contributed by atoms with Gasteiger partial charge in [-0.25, -0.2) is 9.97 Å². The standard InChI is InChI=1S/C14H14Br2N2/c1-14(2,3)13-17-11(8-12(16)18-13)9-5-4-6-10(15)7-9/h4-8H,1-3H3. The summed E-state index contributed by atoms with van der Waals surface area (Å²) in [5.74, 6) is 0.840. The Morgan fingerprint density at radius 3 is 2.33 bits per heavy atom. The van der Waals surface area contributed by atoms with Crippen LogP contribution in [0.2, 0.25) is 0 Å². The molecular formula is C14H14Br2N2. The second-order valence-electron chi connectivity index (χ2n) is 5.16. The highest BCUT2D eigenvalue weighted by molar-refractivity contribution is 9.10. The van der Waals surface area contributed by atoms with Crippen molar-refractivity contribution >= 4 is 31.9 Å². The van der Waals surface area contributed by atoms with Gasteiger partial charge in [-0.1, -0.05) is 48.8 Å². The Labute approximate surface area is 124 Å². The zero-order valence-corrected chi connectivity index (χ0v) is 13.7. The van der Waals surface area contributed by atoms with Crippen LogP contribution in [0.5, 0.6) is 0 Å². The molecule has 0 saturated carbocycles. The first kappa shape index (κ1) is 13.7. The summed E-state index contributed by atoms with van der Waals surface area (Å²) in [5.41, 5.74) is 1.95. The lowest BCUT2D eigenvalue weighted by Crippen LogP contribution is -2.16. The molecule has 0 N–H and O–H groups in total. The lowest BCUT2D eigenvalue weighted by Gasteiger charge is -2.17. The van der Waals surface area contributed by atoms with Crippen LogP contribution in [0, 0.1) is 0 Å². The fourth-order valence-corrected chi connectivity index (χ4v) is 2.33. The van der Waals surface area contributed by atoms with Crippen LogP contribution in [0.15, 0.2) is 39.4 Å². The van der Waals surface area contributed by atoms with Crippen molar-refractivity contribution in [1.29, 1.82) is 0 Å². The lowest BCUT2D eigenvalue weighted by atomic mass is 9.95. The number of hydrogen-bond donors (Lipinski definition) is 0. The van der Waals surface area contributed by atoms with Crippen LogP contribution < -0.4 is 0 Å². The van der Waals surface area contributed by atoms with E-state index in [9.17, 15) is 0 Å². The molecule has 0 aliphatic rings. The summed E-state index contributed by atoms with van der Waals surface area (Å²) in [6.07, 6.45) is 0. The summed E-state index contributed by atoms with van der Waals surface area (Å²) in [5, 5.41) is 0. The third-order valence-corrected chi connectivity index (χ3v) is 3.39. The van der Waals surface area contributed by atoms with Gasteiger partial charge in [0.1, 0.15) is 10.4 Å². The molecule has 0 amide bonds. The fourth-order valence-electron chi connectivity index (χ4n) is 1.55. The van der Waals surface area contributed by atoms with Gasteiger partial charge in [-0.05, 0) is 34.1 Å². The van der Waals surface area contributed by atoms with Crippen LogP contribution >= 0.6 is 31.9 Å². The maximum absolute atomic E-state index is 4.65. The van der Waals surface area contributed by atoms with Gasteiger partial charge in [-0.3, -0.25) is 0 Å². The third-order valence-electron chi connectivity index (χ3n) is 2.49. The highest BCUT2D eigenvalue weighted by atomic mass is 79.9. The number of aromatic nitrogens is 2. The third kappa shape index (κ3) is 3.18. The van der Waals surface area contributed by atoms with E-state index in [1.165, 1.54) is 0 Å². The highest BCUT2D eigenvalue weighted by Gasteiger charge is 2.19. The Morgan fingerprint density at radius 1 is 1.00 bits per heavy atom. The van der Waals surface area contributed by atoms with E-state index < -0.39 is 0 Å². The summed E-state index contributed by atoms with van der Waals surface area (Å²) >= 11 is 6.94. The van der Waals surface area contributed by atoms with E-state index in [0.29, 0.717) is 0 Å². The Hall–Kier alpha value is -0.740. The molecule has 4 heteroatoms. The molecule has 0 radical (unpaired) electrons. The smallest absolute Gasteiger partial charge is 0.135 e. The average Bonchev–Trinajstić information content (AvgIpc) is 2.27. The molecule has 0 unspecified atom stereocenters. The van der Waals surface area contributed by atoms with Gasteiger partial charge in [-0.2, -0.15) is 0 Å². The van der Waals surface area contributed by atoms with Crippen molar-refractivity contribution in [3.05, 3.63) is 45.2 Å². The minimum Gasteiger partial charge on any atom is -0.232 e.